The van der Waals surface area contributed by atoms with Crippen LogP contribution in [0.3, 0.4) is 0 Å². The van der Waals surface area contributed by atoms with Crippen molar-refractivity contribution in [1.29, 1.82) is 0 Å². The van der Waals surface area contributed by atoms with E-state index in [0.717, 1.165) is 4.31 Å². The SMILES string of the molecule is CCC(C)NC(=O)C(C)N(Cc1ccc(F)cc1)C(=O)CN(c1cccc(Cl)c1)S(=O)(=O)c1ccc(OC)cc1. The summed E-state index contributed by atoms with van der Waals surface area (Å²) in [5.41, 5.74) is 0.750. The number of carbonyl (C=O) groups excluding carboxylic acids is 2. The Morgan fingerprint density at radius 1 is 1.02 bits per heavy atom. The molecular weight excluding hydrogens is 557 g/mol. The van der Waals surface area contributed by atoms with Crippen molar-refractivity contribution in [3.05, 3.63) is 89.2 Å². The summed E-state index contributed by atoms with van der Waals surface area (Å²) < 4.78 is 47.3. The highest BCUT2D eigenvalue weighted by molar-refractivity contribution is 7.92. The van der Waals surface area contributed by atoms with Gasteiger partial charge in [0.25, 0.3) is 10.0 Å². The van der Waals surface area contributed by atoms with Crippen molar-refractivity contribution in [3.63, 3.8) is 0 Å². The Morgan fingerprint density at radius 3 is 2.25 bits per heavy atom. The van der Waals surface area contributed by atoms with E-state index in [2.05, 4.69) is 5.32 Å². The minimum atomic E-state index is -4.25. The molecular formula is C29H33ClFN3O5S. The number of benzene rings is 3. The molecule has 0 saturated heterocycles. The number of sulfonamides is 1. The summed E-state index contributed by atoms with van der Waals surface area (Å²) in [6.07, 6.45) is 0.688. The first-order chi connectivity index (χ1) is 19.0. The first-order valence-electron chi connectivity index (χ1n) is 12.7. The molecule has 0 bridgehead atoms. The minimum absolute atomic E-state index is 0.0415. The van der Waals surface area contributed by atoms with Gasteiger partial charge in [0.05, 0.1) is 17.7 Å². The van der Waals surface area contributed by atoms with Crippen LogP contribution in [0.2, 0.25) is 5.02 Å². The van der Waals surface area contributed by atoms with Crippen LogP contribution < -0.4 is 14.4 Å². The zero-order chi connectivity index (χ0) is 29.4. The third-order valence-electron chi connectivity index (χ3n) is 6.46. The van der Waals surface area contributed by atoms with Crippen molar-refractivity contribution >= 4 is 39.1 Å². The van der Waals surface area contributed by atoms with Crippen molar-refractivity contribution in [3.8, 4) is 5.75 Å². The number of carbonyl (C=O) groups is 2. The Morgan fingerprint density at radius 2 is 1.68 bits per heavy atom. The lowest BCUT2D eigenvalue weighted by Gasteiger charge is -2.32. The van der Waals surface area contributed by atoms with E-state index in [4.69, 9.17) is 16.3 Å². The van der Waals surface area contributed by atoms with Crippen molar-refractivity contribution in [1.82, 2.24) is 10.2 Å². The van der Waals surface area contributed by atoms with Gasteiger partial charge in [-0.25, -0.2) is 12.8 Å². The van der Waals surface area contributed by atoms with Gasteiger partial charge in [-0.15, -0.1) is 0 Å². The Labute approximate surface area is 239 Å². The average Bonchev–Trinajstić information content (AvgIpc) is 2.94. The molecule has 214 valence electrons. The second-order valence-electron chi connectivity index (χ2n) is 9.31. The molecule has 0 aliphatic rings. The molecule has 0 spiro atoms. The van der Waals surface area contributed by atoms with E-state index in [9.17, 15) is 22.4 Å². The fraction of sp³-hybridized carbons (Fsp3) is 0.310. The van der Waals surface area contributed by atoms with E-state index in [0.29, 0.717) is 17.7 Å². The molecule has 0 aromatic heterocycles. The normalized spacial score (nSPS) is 12.8. The van der Waals surface area contributed by atoms with E-state index in [1.807, 2.05) is 13.8 Å². The zero-order valence-electron chi connectivity index (χ0n) is 22.8. The van der Waals surface area contributed by atoms with Crippen molar-refractivity contribution in [2.45, 2.75) is 50.7 Å². The van der Waals surface area contributed by atoms with Crippen LogP contribution >= 0.6 is 11.6 Å². The Kier molecular flexibility index (Phi) is 10.5. The smallest absolute Gasteiger partial charge is 0.264 e. The maximum atomic E-state index is 13.9. The summed E-state index contributed by atoms with van der Waals surface area (Å²) in [6.45, 7) is 4.68. The first-order valence-corrected chi connectivity index (χ1v) is 14.5. The number of ether oxygens (including phenoxy) is 1. The van der Waals surface area contributed by atoms with Crippen LogP contribution in [0.5, 0.6) is 5.75 Å². The molecule has 1 N–H and O–H groups in total. The molecule has 11 heteroatoms. The van der Waals surface area contributed by atoms with Gasteiger partial charge in [0.15, 0.2) is 0 Å². The summed E-state index contributed by atoms with van der Waals surface area (Å²) in [5, 5.41) is 3.15. The average molecular weight is 590 g/mol. The molecule has 40 heavy (non-hydrogen) atoms. The predicted octanol–water partition coefficient (Wildman–Crippen LogP) is 5.02. The number of hydrogen-bond donors (Lipinski definition) is 1. The maximum absolute atomic E-state index is 13.9. The number of nitrogens with zero attached hydrogens (tertiary/aromatic N) is 2. The lowest BCUT2D eigenvalue weighted by Crippen LogP contribution is -2.52. The molecule has 0 saturated carbocycles. The van der Waals surface area contributed by atoms with Crippen LogP contribution in [0, 0.1) is 5.82 Å². The van der Waals surface area contributed by atoms with Gasteiger partial charge >= 0.3 is 0 Å². The van der Waals surface area contributed by atoms with Gasteiger partial charge in [-0.2, -0.15) is 0 Å². The van der Waals surface area contributed by atoms with Gasteiger partial charge in [-0.05, 0) is 80.4 Å². The number of rotatable bonds is 12. The summed E-state index contributed by atoms with van der Waals surface area (Å²) >= 11 is 6.18. The molecule has 0 fully saturated rings. The largest absolute Gasteiger partial charge is 0.497 e. The van der Waals surface area contributed by atoms with Crippen molar-refractivity contribution in [2.75, 3.05) is 18.0 Å². The molecule has 3 aromatic carbocycles. The monoisotopic (exact) mass is 589 g/mol. The summed E-state index contributed by atoms with van der Waals surface area (Å²) in [5.74, 6) is -0.997. The standard InChI is InChI=1S/C29H33ClFN3O5S/c1-5-20(2)32-29(36)21(3)33(18-22-9-11-24(31)12-10-22)28(35)19-34(25-8-6-7-23(30)17-25)40(37,38)27-15-13-26(39-4)14-16-27/h6-17,20-21H,5,18-19H2,1-4H3,(H,32,36). The number of methoxy groups -OCH3 is 1. The molecule has 0 heterocycles. The van der Waals surface area contributed by atoms with Gasteiger partial charge < -0.3 is 15.0 Å². The quantitative estimate of drug-likeness (QED) is 0.320. The third kappa shape index (κ3) is 7.73. The number of amides is 2. The van der Waals surface area contributed by atoms with Gasteiger partial charge in [-0.1, -0.05) is 36.7 Å². The summed E-state index contributed by atoms with van der Waals surface area (Å²) in [4.78, 5) is 28.2. The summed E-state index contributed by atoms with van der Waals surface area (Å²) in [6, 6.07) is 16.4. The molecule has 2 amide bonds. The second kappa shape index (κ2) is 13.6. The number of hydrogen-bond acceptors (Lipinski definition) is 5. The van der Waals surface area contributed by atoms with E-state index < -0.39 is 40.2 Å². The molecule has 3 aromatic rings. The van der Waals surface area contributed by atoms with E-state index in [-0.39, 0.29) is 28.2 Å². The van der Waals surface area contributed by atoms with Crippen LogP contribution in [-0.4, -0.2) is 50.9 Å². The van der Waals surface area contributed by atoms with Crippen LogP contribution in [0.4, 0.5) is 10.1 Å². The minimum Gasteiger partial charge on any atom is -0.497 e. The van der Waals surface area contributed by atoms with Crippen LogP contribution in [0.25, 0.3) is 0 Å². The first kappa shape index (κ1) is 30.9. The van der Waals surface area contributed by atoms with Crippen LogP contribution in [-0.2, 0) is 26.2 Å². The van der Waals surface area contributed by atoms with Gasteiger partial charge in [0.2, 0.25) is 11.8 Å². The van der Waals surface area contributed by atoms with Gasteiger partial charge in [0.1, 0.15) is 24.2 Å². The highest BCUT2D eigenvalue weighted by atomic mass is 35.5. The molecule has 3 rings (SSSR count). The molecule has 2 atom stereocenters. The maximum Gasteiger partial charge on any atom is 0.264 e. The van der Waals surface area contributed by atoms with Gasteiger partial charge in [-0.3, -0.25) is 13.9 Å². The lowest BCUT2D eigenvalue weighted by molar-refractivity contribution is -0.139. The van der Waals surface area contributed by atoms with Crippen molar-refractivity contribution < 1.29 is 27.1 Å². The fourth-order valence-electron chi connectivity index (χ4n) is 3.87. The molecule has 0 radical (unpaired) electrons. The third-order valence-corrected chi connectivity index (χ3v) is 8.48. The van der Waals surface area contributed by atoms with Crippen LogP contribution in [0.15, 0.2) is 77.7 Å². The Hall–Kier alpha value is -3.63. The van der Waals surface area contributed by atoms with E-state index in [1.165, 1.54) is 72.7 Å². The lowest BCUT2D eigenvalue weighted by atomic mass is 10.1. The van der Waals surface area contributed by atoms with E-state index >= 15 is 0 Å². The highest BCUT2D eigenvalue weighted by Crippen LogP contribution is 2.28. The zero-order valence-corrected chi connectivity index (χ0v) is 24.4. The topological polar surface area (TPSA) is 96.0 Å². The van der Waals surface area contributed by atoms with Crippen LogP contribution in [0.1, 0.15) is 32.8 Å². The summed E-state index contributed by atoms with van der Waals surface area (Å²) in [7, 11) is -2.78. The van der Waals surface area contributed by atoms with E-state index in [1.54, 1.807) is 19.1 Å². The molecule has 0 aliphatic carbocycles. The second-order valence-corrected chi connectivity index (χ2v) is 11.6. The Bertz CT molecular complexity index is 1420. The van der Waals surface area contributed by atoms with Crippen molar-refractivity contribution in [2.24, 2.45) is 0 Å². The molecule has 0 aliphatic heterocycles. The molecule has 2 unspecified atom stereocenters. The highest BCUT2D eigenvalue weighted by Gasteiger charge is 2.33. The Balaban J connectivity index is 2.02. The molecule has 8 nitrogen and oxygen atoms in total. The number of halogens is 2. The number of anilines is 1. The predicted molar refractivity (Wildman–Crippen MR) is 153 cm³/mol. The fourth-order valence-corrected chi connectivity index (χ4v) is 5.46. The van der Waals surface area contributed by atoms with Gasteiger partial charge in [0, 0.05) is 17.6 Å². The number of nitrogens with one attached hydrogen (secondary N) is 1.